The molecule has 1 aliphatic heterocycles. The van der Waals surface area contributed by atoms with Gasteiger partial charge in [-0.1, -0.05) is 49.8 Å². The molecule has 3 amide bonds. The minimum absolute atomic E-state index is 0.00337. The summed E-state index contributed by atoms with van der Waals surface area (Å²) in [5.41, 5.74) is -0.285. The molecule has 0 radical (unpaired) electrons. The number of amides is 3. The van der Waals surface area contributed by atoms with Crippen LogP contribution in [0.3, 0.4) is 0 Å². The SMILES string of the molecule is C[C@]12C=CC(=O)C=C1CC[C@@H]1[C@@H]2[C@@H](O)C[C@@]2(C)[C@H]1C[C@H]1O[C@H](c3ccc(CC45CC(NC(=O)[C@H](CCC(=O)O)NC(=O)CNC(=O)CON)(C4)C5)cc3)O[C@]12C(=O)CO. The highest BCUT2D eigenvalue weighted by atomic mass is 16.7. The average molecular weight is 819 g/mol. The van der Waals surface area contributed by atoms with Gasteiger partial charge < -0.3 is 40.7 Å². The molecule has 1 aromatic rings. The molecule has 0 unspecified atom stereocenters. The summed E-state index contributed by atoms with van der Waals surface area (Å²) in [6.07, 6.45) is 7.91. The van der Waals surface area contributed by atoms with E-state index in [9.17, 15) is 44.1 Å². The fourth-order valence-electron chi connectivity index (χ4n) is 12.8. The number of carboxylic acid groups (broad SMARTS) is 1. The van der Waals surface area contributed by atoms with Crippen molar-refractivity contribution in [2.24, 2.45) is 39.9 Å². The first kappa shape index (κ1) is 41.4. The van der Waals surface area contributed by atoms with E-state index in [0.717, 1.165) is 55.2 Å². The van der Waals surface area contributed by atoms with Crippen molar-refractivity contribution in [3.63, 3.8) is 0 Å². The number of nitrogens with two attached hydrogens (primary N) is 1. The normalized spacial score (nSPS) is 38.9. The van der Waals surface area contributed by atoms with Gasteiger partial charge in [-0.2, -0.15) is 0 Å². The number of fused-ring (bicyclic) bond motifs is 7. The van der Waals surface area contributed by atoms with E-state index in [1.165, 1.54) is 0 Å². The van der Waals surface area contributed by atoms with E-state index in [1.807, 2.05) is 37.3 Å². The lowest BCUT2D eigenvalue weighted by atomic mass is 9.38. The molecule has 59 heavy (non-hydrogen) atoms. The Bertz CT molecular complexity index is 1980. The van der Waals surface area contributed by atoms with Gasteiger partial charge in [0.05, 0.1) is 18.8 Å². The summed E-state index contributed by atoms with van der Waals surface area (Å²) in [6.45, 7) is 2.54. The molecule has 7 aliphatic carbocycles. The molecule has 10 atom stereocenters. The zero-order valence-electron chi connectivity index (χ0n) is 33.4. The van der Waals surface area contributed by atoms with Gasteiger partial charge in [-0.05, 0) is 92.8 Å². The molecule has 1 aromatic carbocycles. The standard InChI is InChI=1S/C43H54N4O12/c1-39-12-11-26(49)13-25(39)7-8-27-28-14-32-43(31(51)18-48,40(28,2)16-30(50)36(27)39)59-38(58-32)24-5-3-23(4-6-24)15-41-20-42(21-41,22-41)47-37(56)29(9-10-35(54)55)46-33(52)17-45-34(53)19-57-44/h3-6,11-13,27-30,32,36,38,48,50H,7-10,14-22,44H2,1-2H3,(H,45,53)(H,46,52)(H,47,56)(H,54,55)/t27-,28-,29-,30-,32+,36+,38-,39-,40-,41?,42?,43+/m0/s1. The minimum atomic E-state index is -1.44. The maximum atomic E-state index is 13.9. The molecule has 318 valence electrons. The Hall–Kier alpha value is -4.32. The quantitative estimate of drug-likeness (QED) is 0.123. The van der Waals surface area contributed by atoms with Crippen LogP contribution in [0.1, 0.15) is 89.1 Å². The number of carboxylic acids is 1. The second-order valence-corrected chi connectivity index (χ2v) is 18.7. The second-order valence-electron chi connectivity index (χ2n) is 18.7. The molecule has 16 heteroatoms. The van der Waals surface area contributed by atoms with Gasteiger partial charge in [0, 0.05) is 34.3 Å². The third kappa shape index (κ3) is 6.85. The highest BCUT2D eigenvalue weighted by Gasteiger charge is 2.76. The highest BCUT2D eigenvalue weighted by Crippen LogP contribution is 2.71. The van der Waals surface area contributed by atoms with Crippen LogP contribution in [0.5, 0.6) is 0 Å². The number of carbonyl (C=O) groups is 6. The van der Waals surface area contributed by atoms with Crippen LogP contribution in [0.25, 0.3) is 0 Å². The number of benzene rings is 1. The average Bonchev–Trinajstić information content (AvgIpc) is 3.67. The molecule has 7 fully saturated rings. The molecule has 16 nitrogen and oxygen atoms in total. The fraction of sp³-hybridized carbons (Fsp3) is 0.628. The van der Waals surface area contributed by atoms with Gasteiger partial charge >= 0.3 is 5.97 Å². The maximum Gasteiger partial charge on any atom is 0.303 e. The molecular formula is C43H54N4O12. The summed E-state index contributed by atoms with van der Waals surface area (Å²) in [7, 11) is 0. The number of allylic oxidation sites excluding steroid dienone is 4. The summed E-state index contributed by atoms with van der Waals surface area (Å²) >= 11 is 0. The van der Waals surface area contributed by atoms with E-state index < -0.39 is 95.7 Å². The van der Waals surface area contributed by atoms with Gasteiger partial charge in [0.25, 0.3) is 0 Å². The van der Waals surface area contributed by atoms with Crippen LogP contribution in [-0.2, 0) is 49.5 Å². The lowest BCUT2D eigenvalue weighted by Crippen LogP contribution is -2.76. The summed E-state index contributed by atoms with van der Waals surface area (Å²) in [6, 6.07) is 6.78. The van der Waals surface area contributed by atoms with E-state index in [1.54, 1.807) is 12.2 Å². The van der Waals surface area contributed by atoms with Crippen LogP contribution in [0.4, 0.5) is 0 Å². The molecule has 6 saturated carbocycles. The van der Waals surface area contributed by atoms with Crippen molar-refractivity contribution in [3.05, 3.63) is 59.2 Å². The Morgan fingerprint density at radius 1 is 1.07 bits per heavy atom. The van der Waals surface area contributed by atoms with Crippen molar-refractivity contribution in [2.75, 3.05) is 19.8 Å². The van der Waals surface area contributed by atoms with Gasteiger partial charge in [0.1, 0.15) is 19.3 Å². The Morgan fingerprint density at radius 3 is 2.47 bits per heavy atom. The number of rotatable bonds is 15. The third-order valence-electron chi connectivity index (χ3n) is 15.1. The van der Waals surface area contributed by atoms with E-state index in [0.29, 0.717) is 12.8 Å². The van der Waals surface area contributed by atoms with Crippen LogP contribution in [0.2, 0.25) is 0 Å². The van der Waals surface area contributed by atoms with Crippen molar-refractivity contribution < 1.29 is 58.4 Å². The Labute approximate surface area is 341 Å². The summed E-state index contributed by atoms with van der Waals surface area (Å²) < 4.78 is 13.4. The van der Waals surface area contributed by atoms with Crippen molar-refractivity contribution in [1.82, 2.24) is 16.0 Å². The number of Topliss-reactive ketones (excluding diaryl/α,β-unsaturated/α-hetero) is 1. The summed E-state index contributed by atoms with van der Waals surface area (Å²) in [5, 5.41) is 39.3. The molecular weight excluding hydrogens is 764 g/mol. The van der Waals surface area contributed by atoms with E-state index in [-0.39, 0.29) is 41.8 Å². The van der Waals surface area contributed by atoms with E-state index >= 15 is 0 Å². The topological polar surface area (TPSA) is 253 Å². The highest BCUT2D eigenvalue weighted by molar-refractivity contribution is 6.01. The zero-order chi connectivity index (χ0) is 42.1. The van der Waals surface area contributed by atoms with Gasteiger partial charge in [-0.15, -0.1) is 0 Å². The van der Waals surface area contributed by atoms with Crippen LogP contribution >= 0.6 is 0 Å². The first-order chi connectivity index (χ1) is 28.0. The van der Waals surface area contributed by atoms with Crippen molar-refractivity contribution in [2.45, 2.75) is 114 Å². The van der Waals surface area contributed by atoms with Gasteiger partial charge in [0.2, 0.25) is 17.7 Å². The van der Waals surface area contributed by atoms with Crippen molar-refractivity contribution >= 4 is 35.3 Å². The van der Waals surface area contributed by atoms with Gasteiger partial charge in [0.15, 0.2) is 23.5 Å². The lowest BCUT2D eigenvalue weighted by Gasteiger charge is -2.71. The number of ether oxygens (including phenoxy) is 2. The Morgan fingerprint density at radius 2 is 1.80 bits per heavy atom. The van der Waals surface area contributed by atoms with Crippen LogP contribution in [0.15, 0.2) is 48.1 Å². The molecule has 8 N–H and O–H groups in total. The Balaban J connectivity index is 0.893. The van der Waals surface area contributed by atoms with Crippen molar-refractivity contribution in [1.29, 1.82) is 0 Å². The lowest BCUT2D eigenvalue weighted by molar-refractivity contribution is -0.201. The van der Waals surface area contributed by atoms with E-state index in [2.05, 4.69) is 27.7 Å². The number of aliphatic hydroxyl groups is 2. The van der Waals surface area contributed by atoms with Crippen LogP contribution < -0.4 is 21.8 Å². The third-order valence-corrected chi connectivity index (χ3v) is 15.1. The van der Waals surface area contributed by atoms with E-state index in [4.69, 9.17) is 15.4 Å². The van der Waals surface area contributed by atoms with Gasteiger partial charge in [-0.25, -0.2) is 5.90 Å². The number of aliphatic carboxylic acids is 1. The van der Waals surface area contributed by atoms with Crippen LogP contribution in [-0.4, -0.2) is 99.7 Å². The number of nitrogens with one attached hydrogen (secondary N) is 3. The van der Waals surface area contributed by atoms with Gasteiger partial charge in [-0.3, -0.25) is 33.6 Å². The van der Waals surface area contributed by atoms with Crippen molar-refractivity contribution in [3.8, 4) is 0 Å². The molecule has 1 heterocycles. The maximum absolute atomic E-state index is 13.9. The first-order valence-corrected chi connectivity index (χ1v) is 20.6. The van der Waals surface area contributed by atoms with Crippen LogP contribution in [0, 0.1) is 34.0 Å². The monoisotopic (exact) mass is 818 g/mol. The smallest absolute Gasteiger partial charge is 0.303 e. The Kier molecular flexibility index (Phi) is 10.5. The second kappa shape index (κ2) is 15.0. The zero-order valence-corrected chi connectivity index (χ0v) is 33.4. The number of hydrogen-bond acceptors (Lipinski definition) is 12. The number of ketones is 2. The number of hydrogen-bond donors (Lipinski definition) is 7. The molecule has 0 spiro atoms. The fourth-order valence-corrected chi connectivity index (χ4v) is 12.8. The number of aliphatic hydroxyl groups excluding tert-OH is 2. The first-order valence-electron chi connectivity index (χ1n) is 20.6. The molecule has 1 saturated heterocycles. The molecule has 8 aliphatic rings. The predicted octanol–water partition coefficient (Wildman–Crippen LogP) is 1.23. The molecule has 9 rings (SSSR count). The predicted molar refractivity (Wildman–Crippen MR) is 206 cm³/mol. The minimum Gasteiger partial charge on any atom is -0.481 e. The summed E-state index contributed by atoms with van der Waals surface area (Å²) in [5.74, 6) is 1.47. The summed E-state index contributed by atoms with van der Waals surface area (Å²) in [4.78, 5) is 79.0. The molecule has 0 aromatic heterocycles. The number of carbonyl (C=O) groups excluding carboxylic acids is 5. The molecule has 2 bridgehead atoms. The largest absolute Gasteiger partial charge is 0.481 e.